The van der Waals surface area contributed by atoms with Crippen LogP contribution in [0.5, 0.6) is 0 Å². The monoisotopic (exact) mass is 315 g/mol. The van der Waals surface area contributed by atoms with Crippen LogP contribution in [0.3, 0.4) is 0 Å². The highest BCUT2D eigenvalue weighted by Crippen LogP contribution is 2.30. The number of allylic oxidation sites excluding steroid dienone is 2. The fourth-order valence-corrected chi connectivity index (χ4v) is 3.02. The van der Waals surface area contributed by atoms with Gasteiger partial charge in [0.1, 0.15) is 0 Å². The van der Waals surface area contributed by atoms with E-state index in [0.29, 0.717) is 13.0 Å². The standard InChI is InChI=1S/C19H25NO3/c21-19(23-13-5-10-20-11-14-22-15-12-20)9-4-8-18(16-19)17-6-2-1-3-7-17/h1-4,6-9,21H,5,10-16H2. The Balaban J connectivity index is 1.46. The van der Waals surface area contributed by atoms with Gasteiger partial charge in [-0.15, -0.1) is 0 Å². The molecule has 1 aromatic carbocycles. The van der Waals surface area contributed by atoms with Crippen LogP contribution in [0.25, 0.3) is 5.57 Å². The lowest BCUT2D eigenvalue weighted by molar-refractivity contribution is -0.164. The normalized spacial score (nSPS) is 25.3. The van der Waals surface area contributed by atoms with Crippen LogP contribution in [0.1, 0.15) is 18.4 Å². The maximum atomic E-state index is 10.7. The quantitative estimate of drug-likeness (QED) is 0.647. The van der Waals surface area contributed by atoms with Gasteiger partial charge < -0.3 is 14.6 Å². The fourth-order valence-electron chi connectivity index (χ4n) is 3.02. The van der Waals surface area contributed by atoms with E-state index in [2.05, 4.69) is 17.0 Å². The molecule has 124 valence electrons. The van der Waals surface area contributed by atoms with E-state index in [1.54, 1.807) is 6.08 Å². The van der Waals surface area contributed by atoms with Gasteiger partial charge in [-0.1, -0.05) is 42.5 Å². The Kier molecular flexibility index (Phi) is 5.62. The van der Waals surface area contributed by atoms with Crippen LogP contribution in [0.15, 0.2) is 48.6 Å². The maximum absolute atomic E-state index is 10.7. The highest BCUT2D eigenvalue weighted by molar-refractivity contribution is 5.69. The summed E-state index contributed by atoms with van der Waals surface area (Å²) in [4.78, 5) is 2.38. The van der Waals surface area contributed by atoms with Crippen LogP contribution in [-0.4, -0.2) is 55.2 Å². The van der Waals surface area contributed by atoms with E-state index in [4.69, 9.17) is 9.47 Å². The van der Waals surface area contributed by atoms with Crippen LogP contribution in [0, 0.1) is 0 Å². The molecule has 0 aromatic heterocycles. The van der Waals surface area contributed by atoms with Gasteiger partial charge in [-0.05, 0) is 23.6 Å². The van der Waals surface area contributed by atoms with E-state index in [0.717, 1.165) is 50.4 Å². The van der Waals surface area contributed by atoms with E-state index < -0.39 is 5.79 Å². The molecule has 1 aromatic rings. The molecule has 0 spiro atoms. The van der Waals surface area contributed by atoms with Gasteiger partial charge in [0.25, 0.3) is 0 Å². The lowest BCUT2D eigenvalue weighted by Crippen LogP contribution is -2.38. The van der Waals surface area contributed by atoms with Crippen molar-refractivity contribution in [3.8, 4) is 0 Å². The minimum absolute atomic E-state index is 0.491. The van der Waals surface area contributed by atoms with E-state index in [-0.39, 0.29) is 0 Å². The predicted molar refractivity (Wildman–Crippen MR) is 91.0 cm³/mol. The third kappa shape index (κ3) is 4.75. The average Bonchev–Trinajstić information content (AvgIpc) is 2.61. The number of aliphatic hydroxyl groups is 1. The van der Waals surface area contributed by atoms with Crippen LogP contribution in [-0.2, 0) is 9.47 Å². The first-order chi connectivity index (χ1) is 11.3. The molecule has 0 bridgehead atoms. The van der Waals surface area contributed by atoms with E-state index >= 15 is 0 Å². The molecule has 1 fully saturated rings. The molecule has 1 atom stereocenters. The summed E-state index contributed by atoms with van der Waals surface area (Å²) in [5.41, 5.74) is 2.23. The van der Waals surface area contributed by atoms with Gasteiger partial charge in [0.15, 0.2) is 5.79 Å². The topological polar surface area (TPSA) is 41.9 Å². The van der Waals surface area contributed by atoms with Crippen LogP contribution in [0.4, 0.5) is 0 Å². The van der Waals surface area contributed by atoms with Crippen molar-refractivity contribution in [2.75, 3.05) is 39.5 Å². The van der Waals surface area contributed by atoms with E-state index in [1.807, 2.05) is 30.4 Å². The average molecular weight is 315 g/mol. The molecule has 0 saturated carbocycles. The molecular formula is C19H25NO3. The van der Waals surface area contributed by atoms with Gasteiger partial charge in [0, 0.05) is 26.1 Å². The Hall–Kier alpha value is -1.46. The van der Waals surface area contributed by atoms with Crippen LogP contribution >= 0.6 is 0 Å². The summed E-state index contributed by atoms with van der Waals surface area (Å²) in [5.74, 6) is -1.19. The zero-order valence-electron chi connectivity index (χ0n) is 13.5. The zero-order chi connectivity index (χ0) is 16.0. The summed E-state index contributed by atoms with van der Waals surface area (Å²) >= 11 is 0. The molecule has 23 heavy (non-hydrogen) atoms. The molecule has 1 unspecified atom stereocenters. The SMILES string of the molecule is OC1(OCCCN2CCOCC2)C=CC=C(c2ccccc2)C1. The minimum atomic E-state index is -1.19. The van der Waals surface area contributed by atoms with Crippen molar-refractivity contribution in [3.63, 3.8) is 0 Å². The van der Waals surface area contributed by atoms with Gasteiger partial charge in [-0.2, -0.15) is 0 Å². The third-order valence-corrected chi connectivity index (χ3v) is 4.32. The number of hydrogen-bond acceptors (Lipinski definition) is 4. The van der Waals surface area contributed by atoms with Crippen molar-refractivity contribution in [1.29, 1.82) is 0 Å². The Morgan fingerprint density at radius 1 is 1.17 bits per heavy atom. The molecule has 1 heterocycles. The Morgan fingerprint density at radius 2 is 1.96 bits per heavy atom. The van der Waals surface area contributed by atoms with Crippen molar-refractivity contribution < 1.29 is 14.6 Å². The molecule has 0 amide bonds. The van der Waals surface area contributed by atoms with Gasteiger partial charge in [0.2, 0.25) is 0 Å². The second kappa shape index (κ2) is 7.88. The largest absolute Gasteiger partial charge is 0.379 e. The summed E-state index contributed by atoms with van der Waals surface area (Å²) in [6, 6.07) is 10.1. The number of ether oxygens (including phenoxy) is 2. The molecule has 1 N–H and O–H groups in total. The third-order valence-electron chi connectivity index (χ3n) is 4.32. The molecule has 0 radical (unpaired) electrons. The van der Waals surface area contributed by atoms with Gasteiger partial charge >= 0.3 is 0 Å². The Labute approximate surface area is 138 Å². The highest BCUT2D eigenvalue weighted by atomic mass is 16.6. The smallest absolute Gasteiger partial charge is 0.189 e. The lowest BCUT2D eigenvalue weighted by atomic mass is 9.93. The molecule has 2 aliphatic rings. The van der Waals surface area contributed by atoms with Gasteiger partial charge in [-0.25, -0.2) is 0 Å². The predicted octanol–water partition coefficient (Wildman–Crippen LogP) is 2.46. The zero-order valence-corrected chi connectivity index (χ0v) is 13.5. The molecule has 1 aliphatic heterocycles. The van der Waals surface area contributed by atoms with Gasteiger partial charge in [0.05, 0.1) is 19.8 Å². The number of nitrogens with zero attached hydrogens (tertiary/aromatic N) is 1. The first kappa shape index (κ1) is 16.4. The Bertz CT molecular complexity index is 549. The van der Waals surface area contributed by atoms with Crippen molar-refractivity contribution >= 4 is 5.57 Å². The van der Waals surface area contributed by atoms with Crippen molar-refractivity contribution in [1.82, 2.24) is 4.90 Å². The number of rotatable bonds is 6. The first-order valence-corrected chi connectivity index (χ1v) is 8.35. The van der Waals surface area contributed by atoms with Crippen LogP contribution in [0.2, 0.25) is 0 Å². The number of benzene rings is 1. The second-order valence-electron chi connectivity index (χ2n) is 6.09. The summed E-state index contributed by atoms with van der Waals surface area (Å²) in [5, 5.41) is 10.7. The summed E-state index contributed by atoms with van der Waals surface area (Å²) in [6.07, 6.45) is 7.08. The van der Waals surface area contributed by atoms with E-state index in [9.17, 15) is 5.11 Å². The van der Waals surface area contributed by atoms with Crippen LogP contribution < -0.4 is 0 Å². The van der Waals surface area contributed by atoms with Crippen molar-refractivity contribution in [2.45, 2.75) is 18.6 Å². The number of hydrogen-bond donors (Lipinski definition) is 1. The molecule has 3 rings (SSSR count). The Morgan fingerprint density at radius 3 is 2.74 bits per heavy atom. The van der Waals surface area contributed by atoms with Crippen molar-refractivity contribution in [3.05, 3.63) is 54.1 Å². The summed E-state index contributed by atoms with van der Waals surface area (Å²) in [7, 11) is 0. The second-order valence-corrected chi connectivity index (χ2v) is 6.09. The number of morpholine rings is 1. The molecule has 1 aliphatic carbocycles. The maximum Gasteiger partial charge on any atom is 0.189 e. The minimum Gasteiger partial charge on any atom is -0.379 e. The summed E-state index contributed by atoms with van der Waals surface area (Å²) in [6.45, 7) is 5.17. The first-order valence-electron chi connectivity index (χ1n) is 8.35. The highest BCUT2D eigenvalue weighted by Gasteiger charge is 2.28. The molecule has 4 heteroatoms. The fraction of sp³-hybridized carbons (Fsp3) is 0.474. The lowest BCUT2D eigenvalue weighted by Gasteiger charge is -2.30. The molecule has 4 nitrogen and oxygen atoms in total. The molecule has 1 saturated heterocycles. The van der Waals surface area contributed by atoms with E-state index in [1.165, 1.54) is 0 Å². The summed E-state index contributed by atoms with van der Waals surface area (Å²) < 4.78 is 11.1. The van der Waals surface area contributed by atoms with Gasteiger partial charge in [-0.3, -0.25) is 4.90 Å². The molecular weight excluding hydrogens is 290 g/mol. The van der Waals surface area contributed by atoms with Crippen molar-refractivity contribution in [2.24, 2.45) is 0 Å².